The van der Waals surface area contributed by atoms with Gasteiger partial charge in [-0.3, -0.25) is 4.79 Å². The van der Waals surface area contributed by atoms with Crippen molar-refractivity contribution in [2.45, 2.75) is 12.8 Å². The van der Waals surface area contributed by atoms with E-state index in [0.29, 0.717) is 6.54 Å². The van der Waals surface area contributed by atoms with E-state index in [1.165, 1.54) is 12.8 Å². The summed E-state index contributed by atoms with van der Waals surface area (Å²) in [5.41, 5.74) is 0.787. The highest BCUT2D eigenvalue weighted by Crippen LogP contribution is 2.25. The van der Waals surface area contributed by atoms with Crippen LogP contribution in [-0.4, -0.2) is 37.1 Å². The van der Waals surface area contributed by atoms with E-state index in [1.807, 2.05) is 12.1 Å². The van der Waals surface area contributed by atoms with Crippen LogP contribution in [0.3, 0.4) is 0 Å². The molecule has 1 fully saturated rings. The first-order valence-electron chi connectivity index (χ1n) is 6.62. The fraction of sp³-hybridized carbons (Fsp3) is 0.429. The lowest BCUT2D eigenvalue weighted by Gasteiger charge is -2.19. The molecule has 0 aromatic carbocycles. The van der Waals surface area contributed by atoms with Gasteiger partial charge in [0.05, 0.1) is 12.2 Å². The molecule has 1 amide bonds. The molecule has 1 aliphatic heterocycles. The van der Waals surface area contributed by atoms with Gasteiger partial charge in [0, 0.05) is 25.8 Å². The Morgan fingerprint density at radius 1 is 1.47 bits per heavy atom. The van der Waals surface area contributed by atoms with Crippen molar-refractivity contribution in [3.8, 4) is 0 Å². The quantitative estimate of drug-likeness (QED) is 0.599. The molecule has 5 nitrogen and oxygen atoms in total. The lowest BCUT2D eigenvalue weighted by atomic mass is 10.3. The van der Waals surface area contributed by atoms with Crippen LogP contribution in [0.4, 0.5) is 11.5 Å². The molecule has 0 aliphatic carbocycles. The molecule has 1 aromatic rings. The van der Waals surface area contributed by atoms with Crippen LogP contribution in [0.1, 0.15) is 12.8 Å². The van der Waals surface area contributed by atoms with Gasteiger partial charge in [-0.05, 0) is 25.0 Å². The maximum atomic E-state index is 11.8. The van der Waals surface area contributed by atoms with Crippen LogP contribution in [-0.2, 0) is 4.79 Å². The number of pyridine rings is 1. The van der Waals surface area contributed by atoms with E-state index in [0.717, 1.165) is 24.6 Å². The van der Waals surface area contributed by atoms with E-state index in [-0.39, 0.29) is 12.5 Å². The van der Waals surface area contributed by atoms with E-state index in [2.05, 4.69) is 27.1 Å². The van der Waals surface area contributed by atoms with Crippen LogP contribution in [0.25, 0.3) is 0 Å². The minimum absolute atomic E-state index is 0.0599. The summed E-state index contributed by atoms with van der Waals surface area (Å²) in [6, 6.07) is 3.73. The molecule has 2 heterocycles. The number of carbonyl (C=O) groups is 1. The van der Waals surface area contributed by atoms with E-state index in [4.69, 9.17) is 0 Å². The smallest absolute Gasteiger partial charge is 0.238 e. The molecule has 1 saturated heterocycles. The first-order chi connectivity index (χ1) is 9.31. The zero-order chi connectivity index (χ0) is 13.5. The molecule has 0 unspecified atom stereocenters. The number of carbonyl (C=O) groups excluding carboxylic acids is 1. The third-order valence-electron chi connectivity index (χ3n) is 3.04. The Labute approximate surface area is 113 Å². The highest BCUT2D eigenvalue weighted by molar-refractivity contribution is 5.94. The molecule has 0 saturated carbocycles. The average Bonchev–Trinajstić information content (AvgIpc) is 2.93. The minimum Gasteiger partial charge on any atom is -0.355 e. The third kappa shape index (κ3) is 3.79. The Balaban J connectivity index is 1.99. The van der Waals surface area contributed by atoms with Crippen LogP contribution in [0.2, 0.25) is 0 Å². The summed E-state index contributed by atoms with van der Waals surface area (Å²) in [6.07, 6.45) is 5.86. The van der Waals surface area contributed by atoms with Crippen molar-refractivity contribution in [1.82, 2.24) is 10.3 Å². The van der Waals surface area contributed by atoms with Crippen molar-refractivity contribution in [3.05, 3.63) is 31.0 Å². The highest BCUT2D eigenvalue weighted by Gasteiger charge is 2.17. The molecule has 19 heavy (non-hydrogen) atoms. The Morgan fingerprint density at radius 3 is 3.00 bits per heavy atom. The molecule has 102 valence electrons. The van der Waals surface area contributed by atoms with Crippen molar-refractivity contribution >= 4 is 17.4 Å². The van der Waals surface area contributed by atoms with Crippen molar-refractivity contribution in [2.75, 3.05) is 36.4 Å². The fourth-order valence-electron chi connectivity index (χ4n) is 2.16. The maximum absolute atomic E-state index is 11.8. The number of nitrogens with one attached hydrogen (secondary N) is 2. The zero-order valence-electron chi connectivity index (χ0n) is 11.1. The van der Waals surface area contributed by atoms with Crippen LogP contribution in [0.5, 0.6) is 0 Å². The molecule has 1 aromatic heterocycles. The molecular formula is C14H20N4O. The molecular weight excluding hydrogens is 240 g/mol. The largest absolute Gasteiger partial charge is 0.355 e. The standard InChI is InChI=1S/C14H20N4O/c1-2-7-15-11-13(19)17-12-6-5-8-16-14(12)18-9-3-4-10-18/h2,5-6,8,15H,1,3-4,7,9-11H2,(H,17,19). The van der Waals surface area contributed by atoms with Crippen molar-refractivity contribution < 1.29 is 4.79 Å². The number of hydrogen-bond acceptors (Lipinski definition) is 4. The monoisotopic (exact) mass is 260 g/mol. The molecule has 5 heteroatoms. The summed E-state index contributed by atoms with van der Waals surface area (Å²) in [6.45, 7) is 6.52. The molecule has 2 rings (SSSR count). The first kappa shape index (κ1) is 13.5. The lowest BCUT2D eigenvalue weighted by Crippen LogP contribution is -2.29. The Morgan fingerprint density at radius 2 is 2.26 bits per heavy atom. The number of amides is 1. The van der Waals surface area contributed by atoms with Gasteiger partial charge in [0.2, 0.25) is 5.91 Å². The summed E-state index contributed by atoms with van der Waals surface area (Å²) in [7, 11) is 0. The van der Waals surface area contributed by atoms with Gasteiger partial charge in [-0.25, -0.2) is 4.98 Å². The normalized spacial score (nSPS) is 14.4. The third-order valence-corrected chi connectivity index (χ3v) is 3.04. The van der Waals surface area contributed by atoms with Gasteiger partial charge in [0.25, 0.3) is 0 Å². The fourth-order valence-corrected chi connectivity index (χ4v) is 2.16. The van der Waals surface area contributed by atoms with Crippen molar-refractivity contribution in [1.29, 1.82) is 0 Å². The van der Waals surface area contributed by atoms with Crippen molar-refractivity contribution in [2.24, 2.45) is 0 Å². The number of nitrogens with zero attached hydrogens (tertiary/aromatic N) is 2. The number of hydrogen-bond donors (Lipinski definition) is 2. The van der Waals surface area contributed by atoms with Crippen LogP contribution in [0, 0.1) is 0 Å². The summed E-state index contributed by atoms with van der Waals surface area (Å²) in [4.78, 5) is 18.4. The van der Waals surface area contributed by atoms with Gasteiger partial charge >= 0.3 is 0 Å². The molecule has 0 spiro atoms. The van der Waals surface area contributed by atoms with Gasteiger partial charge in [0.1, 0.15) is 0 Å². The molecule has 0 bridgehead atoms. The van der Waals surface area contributed by atoms with Gasteiger partial charge in [-0.1, -0.05) is 6.08 Å². The number of anilines is 2. The molecule has 1 aliphatic rings. The Bertz CT molecular complexity index is 441. The van der Waals surface area contributed by atoms with Gasteiger partial charge < -0.3 is 15.5 Å². The van der Waals surface area contributed by atoms with Gasteiger partial charge in [-0.2, -0.15) is 0 Å². The van der Waals surface area contributed by atoms with E-state index in [1.54, 1.807) is 12.3 Å². The van der Waals surface area contributed by atoms with Gasteiger partial charge in [-0.15, -0.1) is 6.58 Å². The summed E-state index contributed by atoms with van der Waals surface area (Å²) in [5.74, 6) is 0.812. The molecule has 2 N–H and O–H groups in total. The molecule has 0 radical (unpaired) electrons. The maximum Gasteiger partial charge on any atom is 0.238 e. The topological polar surface area (TPSA) is 57.3 Å². The van der Waals surface area contributed by atoms with Crippen molar-refractivity contribution in [3.63, 3.8) is 0 Å². The van der Waals surface area contributed by atoms with Crippen LogP contribution >= 0.6 is 0 Å². The SMILES string of the molecule is C=CCNCC(=O)Nc1cccnc1N1CCCC1. The summed E-state index contributed by atoms with van der Waals surface area (Å²) < 4.78 is 0. The number of aromatic nitrogens is 1. The second-order valence-electron chi connectivity index (χ2n) is 4.54. The first-order valence-corrected chi connectivity index (χ1v) is 6.62. The van der Waals surface area contributed by atoms with Crippen LogP contribution < -0.4 is 15.5 Å². The second kappa shape index (κ2) is 6.89. The summed E-state index contributed by atoms with van der Waals surface area (Å²) in [5, 5.41) is 5.89. The Hall–Kier alpha value is -1.88. The minimum atomic E-state index is -0.0599. The second-order valence-corrected chi connectivity index (χ2v) is 4.54. The average molecular weight is 260 g/mol. The predicted octanol–water partition coefficient (Wildman–Crippen LogP) is 1.40. The van der Waals surface area contributed by atoms with E-state index >= 15 is 0 Å². The predicted molar refractivity (Wildman–Crippen MR) is 77.4 cm³/mol. The van der Waals surface area contributed by atoms with Gasteiger partial charge in [0.15, 0.2) is 5.82 Å². The van der Waals surface area contributed by atoms with Crippen LogP contribution in [0.15, 0.2) is 31.0 Å². The molecule has 0 atom stereocenters. The zero-order valence-corrected chi connectivity index (χ0v) is 11.1. The van der Waals surface area contributed by atoms with E-state index < -0.39 is 0 Å². The number of rotatable bonds is 6. The Kier molecular flexibility index (Phi) is 4.92. The lowest BCUT2D eigenvalue weighted by molar-refractivity contribution is -0.115. The highest BCUT2D eigenvalue weighted by atomic mass is 16.1. The summed E-state index contributed by atoms with van der Waals surface area (Å²) >= 11 is 0. The van der Waals surface area contributed by atoms with E-state index in [9.17, 15) is 4.79 Å².